The van der Waals surface area contributed by atoms with Crippen LogP contribution in [0.3, 0.4) is 0 Å². The maximum atomic E-state index is 12.4. The first-order valence-electron chi connectivity index (χ1n) is 13.5. The molecule has 12 nitrogen and oxygen atoms in total. The minimum atomic E-state index is -0.254. The third kappa shape index (κ3) is 8.28. The van der Waals surface area contributed by atoms with Crippen LogP contribution >= 0.6 is 0 Å². The molecule has 4 aromatic rings. The van der Waals surface area contributed by atoms with Gasteiger partial charge in [-0.3, -0.25) is 40.2 Å². The topological polar surface area (TPSA) is 158 Å². The predicted molar refractivity (Wildman–Crippen MR) is 171 cm³/mol. The number of anilines is 2. The van der Waals surface area contributed by atoms with E-state index in [1.165, 1.54) is 21.5 Å². The zero-order valence-corrected chi connectivity index (χ0v) is 28.5. The molecule has 0 saturated carbocycles. The number of aryl methyl sites for hydroxylation is 2. The molecular formula is C32H28CrN8NaO4+. The monoisotopic (exact) mass is 663 g/mol. The molecule has 0 bridgehead atoms. The smallest absolute Gasteiger partial charge is 0.293 e. The van der Waals surface area contributed by atoms with Crippen LogP contribution in [-0.2, 0) is 27.0 Å². The van der Waals surface area contributed by atoms with Crippen molar-refractivity contribution >= 4 is 34.4 Å². The minimum absolute atomic E-state index is 0. The van der Waals surface area contributed by atoms with Crippen LogP contribution in [0.2, 0.25) is 0 Å². The third-order valence-corrected chi connectivity index (χ3v) is 6.48. The van der Waals surface area contributed by atoms with E-state index in [-0.39, 0.29) is 81.0 Å². The SMILES string of the molecule is Cc1[nH]n(-c2ccccc2)c(=O)c1N/N=C1/C=CC=CC1=O.Cc1[nH]n(-c2ccccc2)c(=O)c1N/N=C1/C=CC=CC1=O.[Cr].[Na+]. The van der Waals surface area contributed by atoms with Crippen molar-refractivity contribution in [1.29, 1.82) is 0 Å². The average molecular weight is 664 g/mol. The van der Waals surface area contributed by atoms with Gasteiger partial charge < -0.3 is 0 Å². The van der Waals surface area contributed by atoms with Crippen LogP contribution in [0.25, 0.3) is 11.4 Å². The summed E-state index contributed by atoms with van der Waals surface area (Å²) in [6.07, 6.45) is 12.7. The molecule has 6 rings (SSSR count). The first-order valence-corrected chi connectivity index (χ1v) is 13.5. The molecule has 2 aliphatic rings. The largest absolute Gasteiger partial charge is 1.00 e. The van der Waals surface area contributed by atoms with Gasteiger partial charge in [0.15, 0.2) is 0 Å². The van der Waals surface area contributed by atoms with E-state index in [1.54, 1.807) is 50.3 Å². The standard InChI is InChI=1S/2C16H14N4O2.Cr.Na/c2*1-11-15(18-17-13-9-5-6-10-14(13)21)16(22)20(19-11)12-7-3-2-4-8-12;;/h2*2-10,18-19H,1H3;;/q;;;+1/b2*17-13-;;. The second kappa shape index (κ2) is 16.5. The van der Waals surface area contributed by atoms with Crippen molar-refractivity contribution < 1.29 is 56.5 Å². The van der Waals surface area contributed by atoms with Crippen molar-refractivity contribution in [2.45, 2.75) is 13.8 Å². The summed E-state index contributed by atoms with van der Waals surface area (Å²) in [6, 6.07) is 18.5. The fourth-order valence-electron chi connectivity index (χ4n) is 4.21. The fourth-order valence-corrected chi connectivity index (χ4v) is 4.21. The molecule has 0 atom stereocenters. The molecule has 14 heteroatoms. The molecule has 2 aliphatic carbocycles. The summed E-state index contributed by atoms with van der Waals surface area (Å²) in [5.41, 5.74) is 8.75. The van der Waals surface area contributed by atoms with Crippen molar-refractivity contribution in [3.8, 4) is 11.4 Å². The Kier molecular flexibility index (Phi) is 12.8. The van der Waals surface area contributed by atoms with Gasteiger partial charge in [-0.15, -0.1) is 0 Å². The first-order chi connectivity index (χ1) is 21.3. The van der Waals surface area contributed by atoms with Gasteiger partial charge in [0.25, 0.3) is 11.1 Å². The first kappa shape index (κ1) is 35.7. The molecule has 0 aliphatic heterocycles. The summed E-state index contributed by atoms with van der Waals surface area (Å²) in [4.78, 5) is 48.1. The van der Waals surface area contributed by atoms with E-state index in [4.69, 9.17) is 0 Å². The number of carbonyl (C=O) groups is 2. The second-order valence-corrected chi connectivity index (χ2v) is 9.56. The molecule has 0 radical (unpaired) electrons. The number of aromatic nitrogens is 4. The maximum absolute atomic E-state index is 12.4. The number of benzene rings is 2. The fraction of sp³-hybridized carbons (Fsp3) is 0.0625. The van der Waals surface area contributed by atoms with Gasteiger partial charge in [-0.2, -0.15) is 10.2 Å². The number of aromatic amines is 2. The third-order valence-electron chi connectivity index (χ3n) is 6.48. The van der Waals surface area contributed by atoms with Gasteiger partial charge in [-0.05, 0) is 62.4 Å². The number of ketones is 2. The number of allylic oxidation sites excluding steroid dienone is 8. The summed E-state index contributed by atoms with van der Waals surface area (Å²) in [7, 11) is 0. The second-order valence-electron chi connectivity index (χ2n) is 9.56. The number of rotatable bonds is 6. The Morgan fingerprint density at radius 3 is 1.26 bits per heavy atom. The summed E-state index contributed by atoms with van der Waals surface area (Å²) in [6.45, 7) is 3.53. The van der Waals surface area contributed by atoms with E-state index in [2.05, 4.69) is 31.3 Å². The quantitative estimate of drug-likeness (QED) is 0.136. The van der Waals surface area contributed by atoms with E-state index in [1.807, 2.05) is 60.7 Å². The number of para-hydroxylation sites is 2. The Balaban J connectivity index is 0.000000240. The molecule has 0 saturated heterocycles. The molecule has 2 aromatic heterocycles. The van der Waals surface area contributed by atoms with Crippen LogP contribution in [0.15, 0.2) is 129 Å². The Morgan fingerprint density at radius 2 is 0.913 bits per heavy atom. The van der Waals surface area contributed by atoms with Crippen molar-refractivity contribution in [2.24, 2.45) is 10.2 Å². The molecule has 0 amide bonds. The average Bonchev–Trinajstić information content (AvgIpc) is 3.50. The molecule has 4 N–H and O–H groups in total. The van der Waals surface area contributed by atoms with Gasteiger partial charge in [-0.25, -0.2) is 9.36 Å². The number of hydrazone groups is 2. The van der Waals surface area contributed by atoms with Crippen LogP contribution in [0, 0.1) is 13.8 Å². The summed E-state index contributed by atoms with van der Waals surface area (Å²) < 4.78 is 2.85. The maximum Gasteiger partial charge on any atom is 1.00 e. The van der Waals surface area contributed by atoms with E-state index >= 15 is 0 Å². The number of H-pyrrole nitrogens is 2. The molecule has 46 heavy (non-hydrogen) atoms. The Morgan fingerprint density at radius 1 is 0.565 bits per heavy atom. The molecular weight excluding hydrogens is 635 g/mol. The molecule has 0 unspecified atom stereocenters. The van der Waals surface area contributed by atoms with Gasteiger partial charge >= 0.3 is 29.6 Å². The zero-order valence-electron chi connectivity index (χ0n) is 25.2. The van der Waals surface area contributed by atoms with Crippen LogP contribution in [0.5, 0.6) is 0 Å². The molecule has 0 spiro atoms. The number of nitrogens with one attached hydrogen (secondary N) is 4. The van der Waals surface area contributed by atoms with E-state index in [9.17, 15) is 19.2 Å². The predicted octanol–water partition coefficient (Wildman–Crippen LogP) is 0.876. The molecule has 226 valence electrons. The zero-order chi connectivity index (χ0) is 31.1. The number of hydrogen-bond acceptors (Lipinski definition) is 8. The Labute approximate surface area is 296 Å². The van der Waals surface area contributed by atoms with Gasteiger partial charge in [0.05, 0.1) is 22.8 Å². The summed E-state index contributed by atoms with van der Waals surface area (Å²) in [5, 5.41) is 14.0. The molecule has 2 heterocycles. The Hall–Kier alpha value is -4.77. The van der Waals surface area contributed by atoms with Crippen molar-refractivity contribution in [2.75, 3.05) is 10.9 Å². The van der Waals surface area contributed by atoms with Crippen LogP contribution in [0.1, 0.15) is 11.4 Å². The number of carbonyl (C=O) groups excluding carboxylic acids is 2. The van der Waals surface area contributed by atoms with Gasteiger partial charge in [0.2, 0.25) is 11.6 Å². The van der Waals surface area contributed by atoms with Crippen molar-refractivity contribution in [1.82, 2.24) is 19.6 Å². The van der Waals surface area contributed by atoms with Crippen molar-refractivity contribution in [3.63, 3.8) is 0 Å². The van der Waals surface area contributed by atoms with E-state index in [0.717, 1.165) is 11.4 Å². The number of nitrogens with zero attached hydrogens (tertiary/aromatic N) is 4. The Bertz CT molecular complexity index is 1870. The van der Waals surface area contributed by atoms with Crippen molar-refractivity contribution in [3.05, 3.63) is 141 Å². The van der Waals surface area contributed by atoms with Gasteiger partial charge in [0, 0.05) is 17.4 Å². The molecule has 2 aromatic carbocycles. The summed E-state index contributed by atoms with van der Waals surface area (Å²) in [5.74, 6) is -0.404. The van der Waals surface area contributed by atoms with E-state index < -0.39 is 0 Å². The number of hydrogen-bond donors (Lipinski definition) is 4. The van der Waals surface area contributed by atoms with Crippen LogP contribution in [0.4, 0.5) is 11.4 Å². The summed E-state index contributed by atoms with van der Waals surface area (Å²) >= 11 is 0. The molecule has 0 fully saturated rings. The van der Waals surface area contributed by atoms with Gasteiger partial charge in [-0.1, -0.05) is 60.7 Å². The normalized spacial score (nSPS) is 14.8. The minimum Gasteiger partial charge on any atom is -0.293 e. The van der Waals surface area contributed by atoms with E-state index in [0.29, 0.717) is 22.8 Å². The van der Waals surface area contributed by atoms with Crippen LogP contribution in [-0.4, -0.2) is 42.6 Å². The van der Waals surface area contributed by atoms with Gasteiger partial charge in [0.1, 0.15) is 22.8 Å². The van der Waals surface area contributed by atoms with Crippen LogP contribution < -0.4 is 51.5 Å².